The summed E-state index contributed by atoms with van der Waals surface area (Å²) in [7, 11) is 0. The number of nitrogens with two attached hydrogens (primary N) is 1. The molecule has 1 amide bonds. The number of nitrogens with one attached hydrogen (secondary N) is 1. The molecule has 3 aromatic rings. The number of hydrogen-bond acceptors (Lipinski definition) is 4. The number of aromatic amines is 1. The van der Waals surface area contributed by atoms with Crippen LogP contribution in [-0.2, 0) is 0 Å². The van der Waals surface area contributed by atoms with E-state index in [9.17, 15) is 18.4 Å². The van der Waals surface area contributed by atoms with Crippen LogP contribution in [0.2, 0.25) is 0 Å². The van der Waals surface area contributed by atoms with Gasteiger partial charge in [0.25, 0.3) is 5.91 Å². The summed E-state index contributed by atoms with van der Waals surface area (Å²) < 4.78 is 28.1. The molecule has 1 aromatic carbocycles. The normalized spacial score (nSPS) is 10.8. The van der Waals surface area contributed by atoms with E-state index in [0.717, 1.165) is 12.1 Å². The van der Waals surface area contributed by atoms with Gasteiger partial charge in [0.2, 0.25) is 5.78 Å². The molecular formula is C14H8F2N4O2. The fourth-order valence-corrected chi connectivity index (χ4v) is 2.11. The Bertz CT molecular complexity index is 920. The Balaban J connectivity index is 2.21. The van der Waals surface area contributed by atoms with Crippen LogP contribution in [0.4, 0.5) is 8.78 Å². The summed E-state index contributed by atoms with van der Waals surface area (Å²) in [4.78, 5) is 34.1. The van der Waals surface area contributed by atoms with E-state index in [0.29, 0.717) is 5.65 Å². The molecule has 0 saturated heterocycles. The highest BCUT2D eigenvalue weighted by Crippen LogP contribution is 2.23. The van der Waals surface area contributed by atoms with E-state index < -0.39 is 34.5 Å². The van der Waals surface area contributed by atoms with E-state index in [2.05, 4.69) is 15.0 Å². The van der Waals surface area contributed by atoms with Crippen molar-refractivity contribution in [2.75, 3.05) is 0 Å². The summed E-state index contributed by atoms with van der Waals surface area (Å²) in [6.07, 6.45) is 4.00. The van der Waals surface area contributed by atoms with Crippen molar-refractivity contribution >= 4 is 22.9 Å². The quantitative estimate of drug-likeness (QED) is 0.717. The Morgan fingerprint density at radius 1 is 1.09 bits per heavy atom. The number of ketones is 1. The number of H-pyrrole nitrogens is 1. The highest BCUT2D eigenvalue weighted by molar-refractivity contribution is 6.16. The molecule has 8 heteroatoms. The molecule has 0 radical (unpaired) electrons. The van der Waals surface area contributed by atoms with Crippen molar-refractivity contribution in [1.82, 2.24) is 15.0 Å². The maximum absolute atomic E-state index is 14.2. The first-order valence-corrected chi connectivity index (χ1v) is 6.11. The van der Waals surface area contributed by atoms with Crippen LogP contribution >= 0.6 is 0 Å². The van der Waals surface area contributed by atoms with Gasteiger partial charge in [-0.15, -0.1) is 0 Å². The number of fused-ring (bicyclic) bond motifs is 1. The number of rotatable bonds is 3. The lowest BCUT2D eigenvalue weighted by atomic mass is 10.0. The topological polar surface area (TPSA) is 102 Å². The van der Waals surface area contributed by atoms with Gasteiger partial charge in [-0.25, -0.2) is 13.8 Å². The second kappa shape index (κ2) is 4.99. The molecule has 6 nitrogen and oxygen atoms in total. The summed E-state index contributed by atoms with van der Waals surface area (Å²) in [6.45, 7) is 0. The highest BCUT2D eigenvalue weighted by Gasteiger charge is 2.25. The summed E-state index contributed by atoms with van der Waals surface area (Å²) in [5.41, 5.74) is 4.01. The summed E-state index contributed by atoms with van der Waals surface area (Å²) in [6, 6.07) is 1.70. The van der Waals surface area contributed by atoms with Gasteiger partial charge in [0.05, 0.1) is 16.7 Å². The first-order valence-electron chi connectivity index (χ1n) is 6.11. The average Bonchev–Trinajstić information content (AvgIpc) is 2.90. The zero-order valence-electron chi connectivity index (χ0n) is 10.9. The van der Waals surface area contributed by atoms with Gasteiger partial charge in [-0.05, 0) is 12.1 Å². The second-order valence-electron chi connectivity index (χ2n) is 4.43. The fourth-order valence-electron chi connectivity index (χ4n) is 2.11. The van der Waals surface area contributed by atoms with E-state index in [-0.39, 0.29) is 11.1 Å². The molecule has 110 valence electrons. The predicted molar refractivity (Wildman–Crippen MR) is 72.2 cm³/mol. The predicted octanol–water partition coefficient (Wildman–Crippen LogP) is 1.57. The lowest BCUT2D eigenvalue weighted by molar-refractivity contribution is 0.0996. The number of aromatic nitrogens is 3. The third kappa shape index (κ3) is 2.01. The molecule has 0 saturated carbocycles. The Labute approximate surface area is 122 Å². The van der Waals surface area contributed by atoms with E-state index in [1.54, 1.807) is 0 Å². The molecular weight excluding hydrogens is 294 g/mol. The first kappa shape index (κ1) is 13.8. The molecule has 0 spiro atoms. The summed E-state index contributed by atoms with van der Waals surface area (Å²) in [5.74, 6) is -4.43. The van der Waals surface area contributed by atoms with Crippen LogP contribution in [0.5, 0.6) is 0 Å². The van der Waals surface area contributed by atoms with Gasteiger partial charge >= 0.3 is 0 Å². The summed E-state index contributed by atoms with van der Waals surface area (Å²) in [5, 5.41) is 0. The molecule has 2 aromatic heterocycles. The van der Waals surface area contributed by atoms with Gasteiger partial charge in [-0.3, -0.25) is 14.6 Å². The summed E-state index contributed by atoms with van der Waals surface area (Å²) >= 11 is 0. The van der Waals surface area contributed by atoms with Gasteiger partial charge in [0.1, 0.15) is 17.2 Å². The zero-order valence-corrected chi connectivity index (χ0v) is 10.9. The van der Waals surface area contributed by atoms with Crippen LogP contribution in [0.15, 0.2) is 30.7 Å². The van der Waals surface area contributed by atoms with Crippen molar-refractivity contribution in [3.8, 4) is 0 Å². The number of hydrogen-bond donors (Lipinski definition) is 2. The van der Waals surface area contributed by atoms with Crippen LogP contribution in [-0.4, -0.2) is 26.6 Å². The Hall–Kier alpha value is -3.16. The smallest absolute Gasteiger partial charge is 0.251 e. The third-order valence-corrected chi connectivity index (χ3v) is 3.13. The van der Waals surface area contributed by atoms with Crippen molar-refractivity contribution in [3.63, 3.8) is 0 Å². The third-order valence-electron chi connectivity index (χ3n) is 3.13. The number of carbonyl (C=O) groups excluding carboxylic acids is 2. The number of nitrogens with zero attached hydrogens (tertiary/aromatic N) is 2. The van der Waals surface area contributed by atoms with Gasteiger partial charge < -0.3 is 10.7 Å². The van der Waals surface area contributed by atoms with Crippen LogP contribution in [0.3, 0.4) is 0 Å². The largest absolute Gasteiger partial charge is 0.366 e. The van der Waals surface area contributed by atoms with Gasteiger partial charge in [0.15, 0.2) is 5.65 Å². The second-order valence-corrected chi connectivity index (χ2v) is 4.43. The average molecular weight is 302 g/mol. The van der Waals surface area contributed by atoms with E-state index >= 15 is 0 Å². The fraction of sp³-hybridized carbons (Fsp3) is 0. The van der Waals surface area contributed by atoms with Crippen molar-refractivity contribution in [2.45, 2.75) is 0 Å². The Kier molecular flexibility index (Phi) is 3.13. The Morgan fingerprint density at radius 3 is 2.55 bits per heavy atom. The molecule has 0 bridgehead atoms. The first-order chi connectivity index (χ1) is 10.5. The highest BCUT2D eigenvalue weighted by atomic mass is 19.1. The van der Waals surface area contributed by atoms with Crippen LogP contribution in [0.1, 0.15) is 26.3 Å². The van der Waals surface area contributed by atoms with E-state index in [4.69, 9.17) is 5.73 Å². The van der Waals surface area contributed by atoms with E-state index in [1.165, 1.54) is 18.6 Å². The minimum Gasteiger partial charge on any atom is -0.366 e. The van der Waals surface area contributed by atoms with Gasteiger partial charge in [-0.1, -0.05) is 0 Å². The standard InChI is InChI=1S/C14H8F2N4O2/c15-8-2-1-6(13(17)22)10(16)9(8)12(21)7-5-20-14-11(7)18-3-4-19-14/h1-5H,(H2,17,22)(H,19,20). The molecule has 0 aliphatic heterocycles. The minimum atomic E-state index is -1.30. The molecule has 0 unspecified atom stereocenters. The van der Waals surface area contributed by atoms with Crippen molar-refractivity contribution in [2.24, 2.45) is 5.73 Å². The zero-order chi connectivity index (χ0) is 15.9. The molecule has 22 heavy (non-hydrogen) atoms. The van der Waals surface area contributed by atoms with Gasteiger partial charge in [0, 0.05) is 18.6 Å². The maximum Gasteiger partial charge on any atom is 0.251 e. The molecule has 3 N–H and O–H groups in total. The van der Waals surface area contributed by atoms with Crippen molar-refractivity contribution in [3.05, 3.63) is 59.0 Å². The molecule has 0 aliphatic carbocycles. The molecule has 0 aliphatic rings. The molecule has 0 atom stereocenters. The molecule has 0 fully saturated rings. The maximum atomic E-state index is 14.2. The van der Waals surface area contributed by atoms with Crippen molar-refractivity contribution in [1.29, 1.82) is 0 Å². The van der Waals surface area contributed by atoms with Gasteiger partial charge in [-0.2, -0.15) is 0 Å². The Morgan fingerprint density at radius 2 is 1.82 bits per heavy atom. The number of halogens is 2. The number of carbonyl (C=O) groups is 2. The SMILES string of the molecule is NC(=O)c1ccc(F)c(C(=O)c2c[nH]c3nccnc23)c1F. The lowest BCUT2D eigenvalue weighted by Gasteiger charge is -2.06. The van der Waals surface area contributed by atoms with Crippen LogP contribution in [0, 0.1) is 11.6 Å². The van der Waals surface area contributed by atoms with Crippen LogP contribution < -0.4 is 5.73 Å². The van der Waals surface area contributed by atoms with Crippen LogP contribution in [0.25, 0.3) is 11.2 Å². The lowest BCUT2D eigenvalue weighted by Crippen LogP contribution is -2.17. The van der Waals surface area contributed by atoms with E-state index in [1.807, 2.05) is 0 Å². The molecule has 2 heterocycles. The monoisotopic (exact) mass is 302 g/mol. The molecule has 3 rings (SSSR count). The van der Waals surface area contributed by atoms with Crippen molar-refractivity contribution < 1.29 is 18.4 Å². The number of benzene rings is 1. The number of primary amides is 1. The number of amides is 1. The minimum absolute atomic E-state index is 0.0532.